The fourth-order valence-electron chi connectivity index (χ4n) is 3.82. The molecule has 0 spiro atoms. The van der Waals surface area contributed by atoms with Gasteiger partial charge in [0.2, 0.25) is 5.91 Å². The van der Waals surface area contributed by atoms with Crippen LogP contribution in [-0.2, 0) is 11.3 Å². The van der Waals surface area contributed by atoms with Crippen LogP contribution in [0, 0.1) is 0 Å². The molecule has 2 aromatic rings. The summed E-state index contributed by atoms with van der Waals surface area (Å²) in [6.07, 6.45) is 3.74. The van der Waals surface area contributed by atoms with Crippen molar-refractivity contribution in [2.45, 2.75) is 44.3 Å². The van der Waals surface area contributed by atoms with Crippen molar-refractivity contribution in [2.75, 3.05) is 17.2 Å². The molecule has 8 nitrogen and oxygen atoms in total. The highest BCUT2D eigenvalue weighted by molar-refractivity contribution is 6.05. The number of anilines is 2. The number of nitrogens with zero attached hydrogens (tertiary/aromatic N) is 1. The molecule has 2 fully saturated rings. The summed E-state index contributed by atoms with van der Waals surface area (Å²) < 4.78 is 0. The number of likely N-dealkylation sites (tertiary alicyclic amines) is 1. The highest BCUT2D eigenvalue weighted by Crippen LogP contribution is 2.24. The summed E-state index contributed by atoms with van der Waals surface area (Å²) in [6.45, 7) is 1.35. The van der Waals surface area contributed by atoms with Crippen LogP contribution in [0.25, 0.3) is 0 Å². The van der Waals surface area contributed by atoms with Crippen LogP contribution in [0.3, 0.4) is 0 Å². The Morgan fingerprint density at radius 2 is 1.71 bits per heavy atom. The number of carbonyl (C=O) groups is 3. The number of primary amides is 1. The summed E-state index contributed by atoms with van der Waals surface area (Å²) in [5, 5.41) is 8.58. The van der Waals surface area contributed by atoms with Gasteiger partial charge in [-0.2, -0.15) is 0 Å². The Bertz CT molecular complexity index is 971. The first-order chi connectivity index (χ1) is 15.0. The first-order valence-electron chi connectivity index (χ1n) is 10.6. The van der Waals surface area contributed by atoms with E-state index >= 15 is 0 Å². The Morgan fingerprint density at radius 1 is 0.968 bits per heavy atom. The van der Waals surface area contributed by atoms with Gasteiger partial charge in [0.25, 0.3) is 5.91 Å². The largest absolute Gasteiger partial charge is 0.368 e. The summed E-state index contributed by atoms with van der Waals surface area (Å²) in [4.78, 5) is 38.3. The Kier molecular flexibility index (Phi) is 6.18. The minimum Gasteiger partial charge on any atom is -0.368 e. The maximum absolute atomic E-state index is 12.8. The maximum atomic E-state index is 12.8. The first kappa shape index (κ1) is 20.9. The number of carbonyl (C=O) groups excluding carboxylic acids is 3. The van der Waals surface area contributed by atoms with E-state index in [1.54, 1.807) is 24.3 Å². The van der Waals surface area contributed by atoms with E-state index in [0.717, 1.165) is 37.8 Å². The lowest BCUT2D eigenvalue weighted by Gasteiger charge is -2.23. The predicted octanol–water partition coefficient (Wildman–Crippen LogP) is 2.67. The van der Waals surface area contributed by atoms with E-state index in [4.69, 9.17) is 5.73 Å². The Hall–Kier alpha value is -3.39. The van der Waals surface area contributed by atoms with Crippen molar-refractivity contribution in [3.05, 3.63) is 59.7 Å². The van der Waals surface area contributed by atoms with Crippen LogP contribution in [0.15, 0.2) is 48.5 Å². The lowest BCUT2D eigenvalue weighted by molar-refractivity contribution is -0.122. The zero-order valence-corrected chi connectivity index (χ0v) is 17.3. The van der Waals surface area contributed by atoms with Gasteiger partial charge in [0.15, 0.2) is 0 Å². The van der Waals surface area contributed by atoms with Gasteiger partial charge in [-0.05, 0) is 68.1 Å². The molecule has 8 heteroatoms. The fraction of sp³-hybridized carbons (Fsp3) is 0.348. The number of amides is 4. The zero-order chi connectivity index (χ0) is 21.8. The summed E-state index contributed by atoms with van der Waals surface area (Å²) in [5.41, 5.74) is 8.27. The van der Waals surface area contributed by atoms with E-state index in [-0.39, 0.29) is 29.9 Å². The number of hydrogen-bond acceptors (Lipinski definition) is 4. The van der Waals surface area contributed by atoms with Crippen molar-refractivity contribution in [1.29, 1.82) is 0 Å². The molecule has 162 valence electrons. The van der Waals surface area contributed by atoms with Crippen LogP contribution in [0.2, 0.25) is 0 Å². The molecule has 4 amide bonds. The molecule has 1 saturated heterocycles. The van der Waals surface area contributed by atoms with Crippen LogP contribution in [0.5, 0.6) is 0 Å². The van der Waals surface area contributed by atoms with Gasteiger partial charge in [-0.3, -0.25) is 14.5 Å². The summed E-state index contributed by atoms with van der Waals surface area (Å²) in [5.74, 6) is -0.548. The van der Waals surface area contributed by atoms with Crippen LogP contribution in [0.1, 0.15) is 41.6 Å². The number of rotatable bonds is 7. The van der Waals surface area contributed by atoms with E-state index in [1.165, 1.54) is 0 Å². The lowest BCUT2D eigenvalue weighted by Crippen LogP contribution is -2.39. The van der Waals surface area contributed by atoms with Gasteiger partial charge in [0.05, 0.1) is 6.04 Å². The normalized spacial score (nSPS) is 18.4. The standard InChI is InChI=1S/C23H27N5O3/c24-21(29)20-6-3-13-28(20)14-16-4-1-2-5-19(16)27-22(30)15-7-9-17(10-8-15)25-23(31)26-18-11-12-18/h1-2,4-5,7-10,18,20H,3,6,11-14H2,(H2,24,29)(H,27,30)(H2,25,26,31). The summed E-state index contributed by atoms with van der Waals surface area (Å²) in [6, 6.07) is 14.1. The Labute approximate surface area is 181 Å². The number of nitrogens with one attached hydrogen (secondary N) is 3. The van der Waals surface area contributed by atoms with E-state index in [9.17, 15) is 14.4 Å². The molecule has 5 N–H and O–H groups in total. The molecule has 2 aromatic carbocycles. The van der Waals surface area contributed by atoms with Crippen LogP contribution >= 0.6 is 0 Å². The van der Waals surface area contributed by atoms with E-state index in [0.29, 0.717) is 23.5 Å². The van der Waals surface area contributed by atoms with Gasteiger partial charge < -0.3 is 21.7 Å². The van der Waals surface area contributed by atoms with Crippen molar-refractivity contribution in [1.82, 2.24) is 10.2 Å². The summed E-state index contributed by atoms with van der Waals surface area (Å²) in [7, 11) is 0. The molecule has 0 aromatic heterocycles. The van der Waals surface area contributed by atoms with Crippen LogP contribution in [-0.4, -0.2) is 41.4 Å². The highest BCUT2D eigenvalue weighted by Gasteiger charge is 2.29. The maximum Gasteiger partial charge on any atom is 0.319 e. The van der Waals surface area contributed by atoms with Crippen molar-refractivity contribution in [3.8, 4) is 0 Å². The van der Waals surface area contributed by atoms with E-state index in [2.05, 4.69) is 20.9 Å². The molecule has 1 atom stereocenters. The molecule has 1 saturated carbocycles. The zero-order valence-electron chi connectivity index (χ0n) is 17.3. The van der Waals surface area contributed by atoms with Gasteiger partial charge in [0.1, 0.15) is 0 Å². The second-order valence-electron chi connectivity index (χ2n) is 8.09. The third-order valence-electron chi connectivity index (χ3n) is 5.65. The third kappa shape index (κ3) is 5.40. The minimum absolute atomic E-state index is 0.232. The number of urea groups is 1. The molecule has 0 bridgehead atoms. The molecular weight excluding hydrogens is 394 g/mol. The topological polar surface area (TPSA) is 117 Å². The van der Waals surface area contributed by atoms with Crippen LogP contribution < -0.4 is 21.7 Å². The second-order valence-corrected chi connectivity index (χ2v) is 8.09. The first-order valence-corrected chi connectivity index (χ1v) is 10.6. The number of hydrogen-bond donors (Lipinski definition) is 4. The molecule has 0 radical (unpaired) electrons. The molecule has 2 aliphatic rings. The number of nitrogens with two attached hydrogens (primary N) is 1. The Morgan fingerprint density at radius 3 is 2.42 bits per heavy atom. The van der Waals surface area contributed by atoms with Gasteiger partial charge in [-0.1, -0.05) is 18.2 Å². The summed E-state index contributed by atoms with van der Waals surface area (Å²) >= 11 is 0. The minimum atomic E-state index is -0.307. The average Bonchev–Trinajstić information content (AvgIpc) is 3.43. The molecule has 1 aliphatic heterocycles. The molecule has 31 heavy (non-hydrogen) atoms. The smallest absolute Gasteiger partial charge is 0.319 e. The van der Waals surface area contributed by atoms with Crippen molar-refractivity contribution in [2.24, 2.45) is 5.73 Å². The van der Waals surface area contributed by atoms with E-state index in [1.807, 2.05) is 24.3 Å². The van der Waals surface area contributed by atoms with Crippen molar-refractivity contribution in [3.63, 3.8) is 0 Å². The van der Waals surface area contributed by atoms with Crippen molar-refractivity contribution >= 4 is 29.2 Å². The quantitative estimate of drug-likeness (QED) is 0.550. The van der Waals surface area contributed by atoms with Crippen molar-refractivity contribution < 1.29 is 14.4 Å². The number of para-hydroxylation sites is 1. The lowest BCUT2D eigenvalue weighted by atomic mass is 10.1. The second kappa shape index (κ2) is 9.18. The van der Waals surface area contributed by atoms with Gasteiger partial charge in [-0.15, -0.1) is 0 Å². The SMILES string of the molecule is NC(=O)C1CCCN1Cc1ccccc1NC(=O)c1ccc(NC(=O)NC2CC2)cc1. The predicted molar refractivity (Wildman–Crippen MR) is 119 cm³/mol. The van der Waals surface area contributed by atoms with Crippen LogP contribution in [0.4, 0.5) is 16.2 Å². The molecule has 4 rings (SSSR count). The Balaban J connectivity index is 1.39. The highest BCUT2D eigenvalue weighted by atomic mass is 16.2. The molecule has 1 unspecified atom stereocenters. The fourth-order valence-corrected chi connectivity index (χ4v) is 3.82. The molecule has 1 heterocycles. The average molecular weight is 422 g/mol. The van der Waals surface area contributed by atoms with Gasteiger partial charge in [0, 0.05) is 29.5 Å². The monoisotopic (exact) mass is 421 g/mol. The molecular formula is C23H27N5O3. The van der Waals surface area contributed by atoms with Gasteiger partial charge in [-0.25, -0.2) is 4.79 Å². The number of benzene rings is 2. The molecule has 1 aliphatic carbocycles. The van der Waals surface area contributed by atoms with Gasteiger partial charge >= 0.3 is 6.03 Å². The third-order valence-corrected chi connectivity index (χ3v) is 5.65. The van der Waals surface area contributed by atoms with E-state index < -0.39 is 0 Å².